The molecule has 2 aromatic rings. The van der Waals surface area contributed by atoms with Crippen LogP contribution in [0.3, 0.4) is 0 Å². The van der Waals surface area contributed by atoms with E-state index in [1.165, 1.54) is 12.1 Å². The number of rotatable bonds is 8. The summed E-state index contributed by atoms with van der Waals surface area (Å²) in [5, 5.41) is 0.0321. The Balaban J connectivity index is 2.12. The van der Waals surface area contributed by atoms with Crippen LogP contribution in [0.15, 0.2) is 48.5 Å². The summed E-state index contributed by atoms with van der Waals surface area (Å²) in [5.74, 6) is 1.69. The molecule has 0 N–H and O–H groups in total. The topological polar surface area (TPSA) is 36.9 Å². The van der Waals surface area contributed by atoms with Gasteiger partial charge in [0.15, 0.2) is 8.32 Å². The van der Waals surface area contributed by atoms with Gasteiger partial charge in [0.25, 0.3) is 0 Å². The lowest BCUT2D eigenvalue weighted by Crippen LogP contribution is -2.47. The summed E-state index contributed by atoms with van der Waals surface area (Å²) >= 11 is 0. The van der Waals surface area contributed by atoms with Gasteiger partial charge in [0.1, 0.15) is 29.7 Å². The van der Waals surface area contributed by atoms with Crippen molar-refractivity contribution in [1.29, 1.82) is 0 Å². The van der Waals surface area contributed by atoms with Gasteiger partial charge in [0, 0.05) is 0 Å². The lowest BCUT2D eigenvalue weighted by Gasteiger charge is -2.38. The van der Waals surface area contributed by atoms with Crippen molar-refractivity contribution < 1.29 is 23.0 Å². The molecule has 2 rings (SSSR count). The zero-order chi connectivity index (χ0) is 20.1. The second-order valence-electron chi connectivity index (χ2n) is 7.87. The molecular weight excluding hydrogens is 363 g/mol. The second kappa shape index (κ2) is 8.76. The highest BCUT2D eigenvalue weighted by atomic mass is 28.4. The van der Waals surface area contributed by atoms with Crippen molar-refractivity contribution in [3.63, 3.8) is 0 Å². The average Bonchev–Trinajstić information content (AvgIpc) is 2.60. The molecule has 0 aromatic heterocycles. The predicted octanol–water partition coefficient (Wildman–Crippen LogP) is 5.64. The van der Waals surface area contributed by atoms with E-state index in [1.807, 2.05) is 24.3 Å². The van der Waals surface area contributed by atoms with Gasteiger partial charge in [-0.05, 0) is 66.7 Å². The smallest absolute Gasteiger partial charge is 0.225 e. The summed E-state index contributed by atoms with van der Waals surface area (Å²) in [6.07, 6.45) is -0.579. The maximum atomic E-state index is 13.1. The molecule has 1 unspecified atom stereocenters. The molecule has 6 heteroatoms. The van der Waals surface area contributed by atoms with Crippen LogP contribution in [0.25, 0.3) is 0 Å². The van der Waals surface area contributed by atoms with Crippen LogP contribution in [0, 0.1) is 5.82 Å². The second-order valence-corrected chi connectivity index (χ2v) is 12.6. The van der Waals surface area contributed by atoms with E-state index >= 15 is 0 Å². The first kappa shape index (κ1) is 21.2. The molecule has 0 spiro atoms. The number of hydrogen-bond donors (Lipinski definition) is 0. The molecule has 0 radical (unpaired) electrons. The Morgan fingerprint density at radius 3 is 1.93 bits per heavy atom. The minimum absolute atomic E-state index is 0.0321. The van der Waals surface area contributed by atoms with Crippen molar-refractivity contribution in [2.45, 2.75) is 45.2 Å². The van der Waals surface area contributed by atoms with E-state index in [1.54, 1.807) is 19.2 Å². The molecule has 0 aliphatic heterocycles. The van der Waals surface area contributed by atoms with E-state index < -0.39 is 14.6 Å². The van der Waals surface area contributed by atoms with Crippen LogP contribution in [-0.2, 0) is 4.43 Å². The Bertz CT molecular complexity index is 708. The largest absolute Gasteiger partial charge is 0.497 e. The molecule has 0 saturated heterocycles. The van der Waals surface area contributed by atoms with Crippen LogP contribution < -0.4 is 14.2 Å². The Labute approximate surface area is 162 Å². The number of benzene rings is 2. The van der Waals surface area contributed by atoms with Gasteiger partial charge in [0.05, 0.1) is 7.11 Å². The van der Waals surface area contributed by atoms with Crippen LogP contribution in [0.1, 0.15) is 20.8 Å². The number of hydrogen-bond acceptors (Lipinski definition) is 4. The van der Waals surface area contributed by atoms with Crippen molar-refractivity contribution in [2.24, 2.45) is 0 Å². The first-order valence-corrected chi connectivity index (χ1v) is 11.9. The van der Waals surface area contributed by atoms with Crippen molar-refractivity contribution in [1.82, 2.24) is 0 Å². The third-order valence-corrected chi connectivity index (χ3v) is 9.22. The van der Waals surface area contributed by atoms with Gasteiger partial charge in [-0.2, -0.15) is 0 Å². The van der Waals surface area contributed by atoms with E-state index in [9.17, 15) is 4.39 Å². The molecule has 148 valence electrons. The molecule has 0 aliphatic rings. The van der Waals surface area contributed by atoms with Crippen molar-refractivity contribution in [2.75, 3.05) is 13.7 Å². The Hall–Kier alpha value is -2.05. The molecule has 0 saturated carbocycles. The molecule has 0 aliphatic carbocycles. The van der Waals surface area contributed by atoms with Crippen molar-refractivity contribution in [3.05, 3.63) is 54.3 Å². The Morgan fingerprint density at radius 1 is 0.889 bits per heavy atom. The molecule has 0 fully saturated rings. The Kier molecular flexibility index (Phi) is 6.89. The van der Waals surface area contributed by atoms with Gasteiger partial charge in [0.2, 0.25) is 6.29 Å². The molecule has 0 heterocycles. The molecule has 0 amide bonds. The first-order valence-electron chi connectivity index (χ1n) is 8.97. The van der Waals surface area contributed by atoms with E-state index in [-0.39, 0.29) is 17.5 Å². The zero-order valence-electron chi connectivity index (χ0n) is 16.9. The maximum absolute atomic E-state index is 13.1. The van der Waals surface area contributed by atoms with Gasteiger partial charge < -0.3 is 18.6 Å². The van der Waals surface area contributed by atoms with Gasteiger partial charge >= 0.3 is 0 Å². The highest BCUT2D eigenvalue weighted by Gasteiger charge is 2.40. The lowest BCUT2D eigenvalue weighted by molar-refractivity contribution is -0.0374. The summed E-state index contributed by atoms with van der Waals surface area (Å²) in [5.41, 5.74) is 0. The van der Waals surface area contributed by atoms with Gasteiger partial charge in [-0.25, -0.2) is 4.39 Å². The van der Waals surface area contributed by atoms with Crippen LogP contribution in [0.5, 0.6) is 17.2 Å². The quantitative estimate of drug-likeness (QED) is 0.430. The predicted molar refractivity (Wildman–Crippen MR) is 108 cm³/mol. The third kappa shape index (κ3) is 6.25. The molecule has 4 nitrogen and oxygen atoms in total. The average molecular weight is 393 g/mol. The summed E-state index contributed by atoms with van der Waals surface area (Å²) in [7, 11) is -0.456. The lowest BCUT2D eigenvalue weighted by atomic mass is 10.2. The summed E-state index contributed by atoms with van der Waals surface area (Å²) in [6.45, 7) is 11.0. The third-order valence-electron chi connectivity index (χ3n) is 4.76. The van der Waals surface area contributed by atoms with Crippen LogP contribution in [0.2, 0.25) is 18.1 Å². The van der Waals surface area contributed by atoms with E-state index in [0.29, 0.717) is 11.5 Å². The van der Waals surface area contributed by atoms with Crippen LogP contribution in [0.4, 0.5) is 4.39 Å². The normalized spacial score (nSPS) is 13.1. The highest BCUT2D eigenvalue weighted by molar-refractivity contribution is 6.74. The van der Waals surface area contributed by atoms with Crippen LogP contribution >= 0.6 is 0 Å². The van der Waals surface area contributed by atoms with Crippen molar-refractivity contribution in [3.8, 4) is 17.2 Å². The zero-order valence-corrected chi connectivity index (χ0v) is 17.9. The minimum atomic E-state index is -2.08. The molecular formula is C21H29FO4Si. The molecule has 2 aromatic carbocycles. The molecule has 0 bridgehead atoms. The summed E-state index contributed by atoms with van der Waals surface area (Å²) in [6, 6.07) is 13.2. The number of methoxy groups -OCH3 is 1. The summed E-state index contributed by atoms with van der Waals surface area (Å²) in [4.78, 5) is 0. The van der Waals surface area contributed by atoms with Crippen molar-refractivity contribution >= 4 is 8.32 Å². The monoisotopic (exact) mass is 392 g/mol. The minimum Gasteiger partial charge on any atom is -0.497 e. The maximum Gasteiger partial charge on any atom is 0.225 e. The van der Waals surface area contributed by atoms with E-state index in [2.05, 4.69) is 33.9 Å². The number of halogens is 1. The fraction of sp³-hybridized carbons (Fsp3) is 0.429. The summed E-state index contributed by atoms with van der Waals surface area (Å²) < 4.78 is 36.5. The highest BCUT2D eigenvalue weighted by Crippen LogP contribution is 2.37. The van der Waals surface area contributed by atoms with E-state index in [0.717, 1.165) is 5.75 Å². The van der Waals surface area contributed by atoms with Gasteiger partial charge in [-0.3, -0.25) is 0 Å². The fourth-order valence-electron chi connectivity index (χ4n) is 2.10. The fourth-order valence-corrected chi connectivity index (χ4v) is 3.23. The van der Waals surface area contributed by atoms with Crippen LogP contribution in [-0.4, -0.2) is 28.3 Å². The number of ether oxygens (including phenoxy) is 3. The standard InChI is InChI=1S/C21H29FO4Si/c1-21(2,3)27(5,6)26-20(15-24-18-9-7-16(22)8-10-18)25-19-13-11-17(23-4)12-14-19/h7-14,20H,15H2,1-6H3. The SMILES string of the molecule is COc1ccc(OC(COc2ccc(F)cc2)O[Si](C)(C)C(C)(C)C)cc1. The Morgan fingerprint density at radius 2 is 1.41 bits per heavy atom. The van der Waals surface area contributed by atoms with Gasteiger partial charge in [-0.1, -0.05) is 20.8 Å². The van der Waals surface area contributed by atoms with E-state index in [4.69, 9.17) is 18.6 Å². The van der Waals surface area contributed by atoms with Gasteiger partial charge in [-0.15, -0.1) is 0 Å². The molecule has 1 atom stereocenters. The first-order chi connectivity index (χ1) is 12.6. The molecule has 27 heavy (non-hydrogen) atoms.